The highest BCUT2D eigenvalue weighted by atomic mass is 16.5. The van der Waals surface area contributed by atoms with Gasteiger partial charge in [-0.25, -0.2) is 9.79 Å². The quantitative estimate of drug-likeness (QED) is 0.473. The van der Waals surface area contributed by atoms with Crippen LogP contribution in [0.2, 0.25) is 0 Å². The summed E-state index contributed by atoms with van der Waals surface area (Å²) < 4.78 is 17.0. The van der Waals surface area contributed by atoms with E-state index >= 15 is 0 Å². The summed E-state index contributed by atoms with van der Waals surface area (Å²) in [5.74, 6) is 1.94. The Bertz CT molecular complexity index is 1220. The van der Waals surface area contributed by atoms with Crippen molar-refractivity contribution in [3.05, 3.63) is 41.5 Å². The Labute approximate surface area is 211 Å². The molecule has 9 heteroatoms. The van der Waals surface area contributed by atoms with E-state index in [-0.39, 0.29) is 6.03 Å². The van der Waals surface area contributed by atoms with Crippen LogP contribution >= 0.6 is 0 Å². The number of morpholine rings is 1. The second kappa shape index (κ2) is 10.5. The summed E-state index contributed by atoms with van der Waals surface area (Å²) in [6, 6.07) is 12.2. The molecule has 188 valence electrons. The molecule has 0 bridgehead atoms. The second-order valence-corrected chi connectivity index (χ2v) is 9.10. The third kappa shape index (κ3) is 4.56. The number of fused-ring (bicyclic) bond motifs is 3. The molecule has 0 saturated carbocycles. The van der Waals surface area contributed by atoms with Crippen LogP contribution < -0.4 is 9.47 Å². The van der Waals surface area contributed by atoms with Gasteiger partial charge >= 0.3 is 6.03 Å². The summed E-state index contributed by atoms with van der Waals surface area (Å²) >= 11 is 0. The van der Waals surface area contributed by atoms with E-state index in [1.807, 2.05) is 41.0 Å². The van der Waals surface area contributed by atoms with Gasteiger partial charge in [-0.05, 0) is 24.5 Å². The van der Waals surface area contributed by atoms with Gasteiger partial charge in [-0.2, -0.15) is 5.26 Å². The zero-order valence-corrected chi connectivity index (χ0v) is 20.8. The molecule has 3 aliphatic heterocycles. The number of rotatable bonds is 2. The number of amides is 2. The summed E-state index contributed by atoms with van der Waals surface area (Å²) in [5.41, 5.74) is 3.74. The molecule has 0 spiro atoms. The smallest absolute Gasteiger partial charge is 0.320 e. The number of carbonyl (C=O) groups is 1. The van der Waals surface area contributed by atoms with Crippen molar-refractivity contribution in [3.8, 4) is 28.7 Å². The SMILES string of the molecule is COc1cc(/N=C(\C)N2CCCN(C(=O)N3CCOCC3)CC2)c(C#N)c2c1OCc1ccccc1-2. The highest BCUT2D eigenvalue weighted by molar-refractivity contribution is 5.90. The van der Waals surface area contributed by atoms with Crippen LogP contribution in [0.15, 0.2) is 35.3 Å². The van der Waals surface area contributed by atoms with E-state index in [0.717, 1.165) is 35.5 Å². The lowest BCUT2D eigenvalue weighted by atomic mass is 9.92. The first-order valence-electron chi connectivity index (χ1n) is 12.4. The standard InChI is InChI=1S/C27H31N5O4/c1-19(30-8-5-9-31(11-10-30)27(33)32-12-14-35-15-13-32)29-23-16-24(34-2)26-25(22(23)17-28)21-7-4-3-6-20(21)18-36-26/h3-4,6-7,16H,5,8-15,18H2,1-2H3/b29-19+. The number of aliphatic imine (C=N–C) groups is 1. The molecule has 0 atom stereocenters. The minimum absolute atomic E-state index is 0.0830. The Hall–Kier alpha value is -3.77. The van der Waals surface area contributed by atoms with Crippen LogP contribution in [-0.2, 0) is 11.3 Å². The maximum atomic E-state index is 13.0. The van der Waals surface area contributed by atoms with Gasteiger partial charge in [0.05, 0.1) is 31.6 Å². The molecule has 9 nitrogen and oxygen atoms in total. The average molecular weight is 490 g/mol. The van der Waals surface area contributed by atoms with Gasteiger partial charge in [0.15, 0.2) is 11.5 Å². The van der Waals surface area contributed by atoms with E-state index in [2.05, 4.69) is 11.0 Å². The van der Waals surface area contributed by atoms with E-state index in [1.165, 1.54) is 0 Å². The number of hydrogen-bond donors (Lipinski definition) is 0. The maximum Gasteiger partial charge on any atom is 0.320 e. The van der Waals surface area contributed by atoms with Crippen molar-refractivity contribution < 1.29 is 19.0 Å². The Morgan fingerprint density at radius 3 is 2.56 bits per heavy atom. The van der Waals surface area contributed by atoms with Crippen LogP contribution in [-0.4, -0.2) is 86.2 Å². The Kier molecular flexibility index (Phi) is 6.96. The van der Waals surface area contributed by atoms with E-state index in [4.69, 9.17) is 19.2 Å². The number of benzene rings is 2. The third-order valence-electron chi connectivity index (χ3n) is 7.00. The molecular weight excluding hydrogens is 458 g/mol. The van der Waals surface area contributed by atoms with Crippen molar-refractivity contribution in [2.45, 2.75) is 20.0 Å². The number of methoxy groups -OCH3 is 1. The third-order valence-corrected chi connectivity index (χ3v) is 7.00. The fourth-order valence-electron chi connectivity index (χ4n) is 5.05. The summed E-state index contributed by atoms with van der Waals surface area (Å²) in [7, 11) is 1.60. The molecule has 36 heavy (non-hydrogen) atoms. The van der Waals surface area contributed by atoms with Crippen LogP contribution in [0.1, 0.15) is 24.5 Å². The minimum Gasteiger partial charge on any atom is -0.493 e. The number of nitriles is 1. The minimum atomic E-state index is 0.0830. The number of urea groups is 1. The molecule has 2 aromatic carbocycles. The van der Waals surface area contributed by atoms with Gasteiger partial charge in [0.1, 0.15) is 18.5 Å². The molecule has 0 radical (unpaired) electrons. The zero-order chi connectivity index (χ0) is 25.1. The average Bonchev–Trinajstić information content (AvgIpc) is 3.19. The maximum absolute atomic E-state index is 13.0. The van der Waals surface area contributed by atoms with Gasteiger partial charge in [-0.3, -0.25) is 0 Å². The lowest BCUT2D eigenvalue weighted by molar-refractivity contribution is 0.0437. The summed E-state index contributed by atoms with van der Waals surface area (Å²) in [6.45, 7) is 7.67. The monoisotopic (exact) mass is 489 g/mol. The molecule has 3 heterocycles. The van der Waals surface area contributed by atoms with Crippen LogP contribution in [0.5, 0.6) is 11.5 Å². The lowest BCUT2D eigenvalue weighted by Gasteiger charge is -2.32. The highest BCUT2D eigenvalue weighted by Crippen LogP contribution is 2.49. The van der Waals surface area contributed by atoms with E-state index in [1.54, 1.807) is 13.2 Å². The first-order valence-corrected chi connectivity index (χ1v) is 12.4. The van der Waals surface area contributed by atoms with Crippen LogP contribution in [0, 0.1) is 11.3 Å². The predicted octanol–water partition coefficient (Wildman–Crippen LogP) is 3.64. The molecule has 0 aromatic heterocycles. The number of carbonyl (C=O) groups excluding carboxylic acids is 1. The Morgan fingerprint density at radius 1 is 1.06 bits per heavy atom. The van der Waals surface area contributed by atoms with Crippen LogP contribution in [0.3, 0.4) is 0 Å². The number of ether oxygens (including phenoxy) is 3. The molecule has 0 aliphatic carbocycles. The molecular formula is C27H31N5O4. The van der Waals surface area contributed by atoms with E-state index in [0.29, 0.717) is 75.3 Å². The van der Waals surface area contributed by atoms with Gasteiger partial charge in [0.25, 0.3) is 0 Å². The van der Waals surface area contributed by atoms with Crippen molar-refractivity contribution in [2.24, 2.45) is 4.99 Å². The fourth-order valence-corrected chi connectivity index (χ4v) is 5.05. The fraction of sp³-hybridized carbons (Fsp3) is 0.444. The van der Waals surface area contributed by atoms with Crippen molar-refractivity contribution in [1.29, 1.82) is 5.26 Å². The molecule has 5 rings (SSSR count). The van der Waals surface area contributed by atoms with Gasteiger partial charge in [-0.1, -0.05) is 24.3 Å². The Balaban J connectivity index is 1.41. The van der Waals surface area contributed by atoms with Gasteiger partial charge in [-0.15, -0.1) is 0 Å². The zero-order valence-electron chi connectivity index (χ0n) is 20.8. The van der Waals surface area contributed by atoms with Crippen molar-refractivity contribution in [3.63, 3.8) is 0 Å². The molecule has 2 saturated heterocycles. The van der Waals surface area contributed by atoms with Gasteiger partial charge in [0, 0.05) is 50.9 Å². The summed E-state index contributed by atoms with van der Waals surface area (Å²) in [5, 5.41) is 10.2. The van der Waals surface area contributed by atoms with Gasteiger partial charge in [0.2, 0.25) is 0 Å². The summed E-state index contributed by atoms with van der Waals surface area (Å²) in [6.07, 6.45) is 0.850. The first kappa shape index (κ1) is 23.9. The van der Waals surface area contributed by atoms with Crippen LogP contribution in [0.4, 0.5) is 10.5 Å². The largest absolute Gasteiger partial charge is 0.493 e. The first-order chi connectivity index (χ1) is 17.6. The topological polar surface area (TPSA) is 90.6 Å². The summed E-state index contributed by atoms with van der Waals surface area (Å²) in [4.78, 5) is 23.8. The van der Waals surface area contributed by atoms with Crippen molar-refractivity contribution in [2.75, 3.05) is 59.6 Å². The van der Waals surface area contributed by atoms with Crippen molar-refractivity contribution in [1.82, 2.24) is 14.7 Å². The van der Waals surface area contributed by atoms with E-state index < -0.39 is 0 Å². The lowest BCUT2D eigenvalue weighted by Crippen LogP contribution is -2.49. The Morgan fingerprint density at radius 2 is 1.78 bits per heavy atom. The number of hydrogen-bond acceptors (Lipinski definition) is 6. The molecule has 0 unspecified atom stereocenters. The number of amidine groups is 1. The normalized spacial score (nSPS) is 17.9. The molecule has 3 aliphatic rings. The molecule has 2 amide bonds. The van der Waals surface area contributed by atoms with Crippen molar-refractivity contribution >= 4 is 17.6 Å². The predicted molar refractivity (Wildman–Crippen MR) is 136 cm³/mol. The van der Waals surface area contributed by atoms with E-state index in [9.17, 15) is 10.1 Å². The number of nitrogens with zero attached hydrogens (tertiary/aromatic N) is 5. The second-order valence-electron chi connectivity index (χ2n) is 9.10. The van der Waals surface area contributed by atoms with Gasteiger partial charge < -0.3 is 28.9 Å². The molecule has 0 N–H and O–H groups in total. The molecule has 2 fully saturated rings. The molecule has 2 aromatic rings. The van der Waals surface area contributed by atoms with Crippen LogP contribution in [0.25, 0.3) is 11.1 Å². The highest BCUT2D eigenvalue weighted by Gasteiger charge is 2.28.